The minimum absolute atomic E-state index is 0.0301. The lowest BCUT2D eigenvalue weighted by atomic mass is 10.2. The fourth-order valence-corrected chi connectivity index (χ4v) is 1.87. The number of halogens is 3. The standard InChI is InChI=1S/C12H8BrClFNO2/c13-11-4-3-10(18-11)12(17)16-6-7-1-2-9(15)8(14)5-7/h1-5H,6H2,(H,16,17). The van der Waals surface area contributed by atoms with Crippen molar-refractivity contribution in [1.82, 2.24) is 5.32 Å². The number of furan rings is 1. The maximum Gasteiger partial charge on any atom is 0.287 e. The van der Waals surface area contributed by atoms with Crippen LogP contribution in [0.25, 0.3) is 0 Å². The van der Waals surface area contributed by atoms with E-state index in [0.717, 1.165) is 0 Å². The molecule has 6 heteroatoms. The third-order valence-electron chi connectivity index (χ3n) is 2.23. The fraction of sp³-hybridized carbons (Fsp3) is 0.0833. The Morgan fingerprint density at radius 3 is 2.78 bits per heavy atom. The Balaban J connectivity index is 1.99. The highest BCUT2D eigenvalue weighted by Crippen LogP contribution is 2.16. The van der Waals surface area contributed by atoms with E-state index >= 15 is 0 Å². The minimum Gasteiger partial charge on any atom is -0.444 e. The average molecular weight is 333 g/mol. The summed E-state index contributed by atoms with van der Waals surface area (Å²) in [5, 5.41) is 2.67. The minimum atomic E-state index is -0.485. The first-order chi connectivity index (χ1) is 8.56. The van der Waals surface area contributed by atoms with E-state index in [0.29, 0.717) is 10.2 Å². The zero-order valence-electron chi connectivity index (χ0n) is 9.04. The van der Waals surface area contributed by atoms with Crippen LogP contribution >= 0.6 is 27.5 Å². The van der Waals surface area contributed by atoms with E-state index in [1.807, 2.05) is 0 Å². The number of benzene rings is 1. The summed E-state index contributed by atoms with van der Waals surface area (Å²) in [6.07, 6.45) is 0. The normalized spacial score (nSPS) is 10.4. The Labute approximate surface area is 116 Å². The van der Waals surface area contributed by atoms with Crippen LogP contribution in [0.3, 0.4) is 0 Å². The fourth-order valence-electron chi connectivity index (χ4n) is 1.36. The van der Waals surface area contributed by atoms with Crippen LogP contribution in [0.15, 0.2) is 39.4 Å². The molecule has 94 valence electrons. The first-order valence-electron chi connectivity index (χ1n) is 5.04. The molecule has 1 N–H and O–H groups in total. The molecule has 0 spiro atoms. The van der Waals surface area contributed by atoms with Crippen molar-refractivity contribution >= 4 is 33.4 Å². The highest BCUT2D eigenvalue weighted by Gasteiger charge is 2.10. The highest BCUT2D eigenvalue weighted by molar-refractivity contribution is 9.10. The van der Waals surface area contributed by atoms with Crippen molar-refractivity contribution in [3.63, 3.8) is 0 Å². The van der Waals surface area contributed by atoms with Crippen molar-refractivity contribution in [2.24, 2.45) is 0 Å². The summed E-state index contributed by atoms with van der Waals surface area (Å²) in [5.74, 6) is -0.627. The molecule has 0 aliphatic rings. The van der Waals surface area contributed by atoms with Crippen LogP contribution in [-0.2, 0) is 6.54 Å². The summed E-state index contributed by atoms with van der Waals surface area (Å²) in [4.78, 5) is 11.7. The molecule has 0 atom stereocenters. The quantitative estimate of drug-likeness (QED) is 0.930. The largest absolute Gasteiger partial charge is 0.444 e. The van der Waals surface area contributed by atoms with Gasteiger partial charge < -0.3 is 9.73 Å². The molecule has 0 bridgehead atoms. The molecule has 1 amide bonds. The summed E-state index contributed by atoms with van der Waals surface area (Å²) < 4.78 is 18.5. The Morgan fingerprint density at radius 1 is 1.39 bits per heavy atom. The molecule has 0 saturated heterocycles. The summed E-state index contributed by atoms with van der Waals surface area (Å²) in [7, 11) is 0. The molecule has 3 nitrogen and oxygen atoms in total. The maximum atomic E-state index is 12.9. The molecule has 0 radical (unpaired) electrons. The van der Waals surface area contributed by atoms with Crippen LogP contribution in [0.4, 0.5) is 4.39 Å². The molecule has 1 aromatic heterocycles. The third-order valence-corrected chi connectivity index (χ3v) is 2.95. The Hall–Kier alpha value is -1.33. The molecule has 0 unspecified atom stereocenters. The third kappa shape index (κ3) is 3.11. The smallest absolute Gasteiger partial charge is 0.287 e. The summed E-state index contributed by atoms with van der Waals surface area (Å²) in [5.41, 5.74) is 0.709. The lowest BCUT2D eigenvalue weighted by Gasteiger charge is -2.04. The zero-order chi connectivity index (χ0) is 13.1. The van der Waals surface area contributed by atoms with Crippen molar-refractivity contribution in [3.8, 4) is 0 Å². The zero-order valence-corrected chi connectivity index (χ0v) is 11.4. The van der Waals surface area contributed by atoms with Crippen LogP contribution < -0.4 is 5.32 Å². The Kier molecular flexibility index (Phi) is 4.04. The van der Waals surface area contributed by atoms with Gasteiger partial charge in [-0.1, -0.05) is 17.7 Å². The average Bonchev–Trinajstić information content (AvgIpc) is 2.77. The molecule has 2 aromatic rings. The molecular weight excluding hydrogens is 324 g/mol. The number of hydrogen-bond donors (Lipinski definition) is 1. The van der Waals surface area contributed by atoms with Crippen LogP contribution in [0.1, 0.15) is 16.1 Å². The number of carbonyl (C=O) groups is 1. The Bertz CT molecular complexity index is 585. The number of rotatable bonds is 3. The molecule has 1 aromatic carbocycles. The molecular formula is C12H8BrClFNO2. The predicted octanol–water partition coefficient (Wildman–Crippen LogP) is 3.76. The number of hydrogen-bond acceptors (Lipinski definition) is 2. The second kappa shape index (κ2) is 5.54. The van der Waals surface area contributed by atoms with Crippen LogP contribution in [-0.4, -0.2) is 5.91 Å². The number of nitrogens with one attached hydrogen (secondary N) is 1. The SMILES string of the molecule is O=C(NCc1ccc(F)c(Cl)c1)c1ccc(Br)o1. The van der Waals surface area contributed by atoms with Crippen LogP contribution in [0.5, 0.6) is 0 Å². The molecule has 0 fully saturated rings. The van der Waals surface area contributed by atoms with E-state index in [1.54, 1.807) is 18.2 Å². The van der Waals surface area contributed by atoms with Gasteiger partial charge in [-0.25, -0.2) is 4.39 Å². The van der Waals surface area contributed by atoms with Gasteiger partial charge in [-0.3, -0.25) is 4.79 Å². The Morgan fingerprint density at radius 2 is 2.17 bits per heavy atom. The number of amides is 1. The van der Waals surface area contributed by atoms with Gasteiger partial charge in [0.1, 0.15) is 5.82 Å². The van der Waals surface area contributed by atoms with Gasteiger partial charge in [-0.15, -0.1) is 0 Å². The highest BCUT2D eigenvalue weighted by atomic mass is 79.9. The van der Waals surface area contributed by atoms with Crippen LogP contribution in [0, 0.1) is 5.82 Å². The summed E-state index contributed by atoms with van der Waals surface area (Å²) in [6.45, 7) is 0.247. The lowest BCUT2D eigenvalue weighted by molar-refractivity contribution is 0.0922. The van der Waals surface area contributed by atoms with E-state index in [1.165, 1.54) is 12.1 Å². The molecule has 0 aliphatic heterocycles. The van der Waals surface area contributed by atoms with E-state index < -0.39 is 5.82 Å². The predicted molar refractivity (Wildman–Crippen MR) is 69.0 cm³/mol. The van der Waals surface area contributed by atoms with E-state index in [-0.39, 0.29) is 23.2 Å². The van der Waals surface area contributed by atoms with Gasteiger partial charge in [-0.05, 0) is 45.8 Å². The van der Waals surface area contributed by atoms with Gasteiger partial charge >= 0.3 is 0 Å². The second-order valence-corrected chi connectivity index (χ2v) is 4.72. The van der Waals surface area contributed by atoms with E-state index in [2.05, 4.69) is 21.2 Å². The monoisotopic (exact) mass is 331 g/mol. The van der Waals surface area contributed by atoms with E-state index in [4.69, 9.17) is 16.0 Å². The topological polar surface area (TPSA) is 42.2 Å². The van der Waals surface area contributed by atoms with E-state index in [9.17, 15) is 9.18 Å². The summed E-state index contributed by atoms with van der Waals surface area (Å²) in [6, 6.07) is 7.46. The van der Waals surface area contributed by atoms with Crippen molar-refractivity contribution in [2.45, 2.75) is 6.54 Å². The van der Waals surface area contributed by atoms with Gasteiger partial charge in [0.2, 0.25) is 0 Å². The summed E-state index contributed by atoms with van der Waals surface area (Å²) >= 11 is 8.75. The number of carbonyl (C=O) groups excluding carboxylic acids is 1. The van der Waals surface area contributed by atoms with Crippen molar-refractivity contribution in [1.29, 1.82) is 0 Å². The van der Waals surface area contributed by atoms with Crippen molar-refractivity contribution in [2.75, 3.05) is 0 Å². The first kappa shape index (κ1) is 13.1. The maximum absolute atomic E-state index is 12.9. The first-order valence-corrected chi connectivity index (χ1v) is 6.21. The van der Waals surface area contributed by atoms with Crippen LogP contribution in [0.2, 0.25) is 5.02 Å². The van der Waals surface area contributed by atoms with Crippen molar-refractivity contribution in [3.05, 3.63) is 57.2 Å². The van der Waals surface area contributed by atoms with Gasteiger partial charge in [-0.2, -0.15) is 0 Å². The van der Waals surface area contributed by atoms with Gasteiger partial charge in [0.25, 0.3) is 5.91 Å². The lowest BCUT2D eigenvalue weighted by Crippen LogP contribution is -2.22. The molecule has 0 saturated carbocycles. The van der Waals surface area contributed by atoms with Gasteiger partial charge in [0.05, 0.1) is 5.02 Å². The second-order valence-electron chi connectivity index (χ2n) is 3.53. The molecule has 0 aliphatic carbocycles. The molecule has 1 heterocycles. The molecule has 2 rings (SSSR count). The van der Waals surface area contributed by atoms with Crippen molar-refractivity contribution < 1.29 is 13.6 Å². The van der Waals surface area contributed by atoms with Gasteiger partial charge in [0.15, 0.2) is 10.4 Å². The van der Waals surface area contributed by atoms with Gasteiger partial charge in [0, 0.05) is 6.54 Å². The molecule has 18 heavy (non-hydrogen) atoms.